The van der Waals surface area contributed by atoms with E-state index in [-0.39, 0.29) is 11.9 Å². The van der Waals surface area contributed by atoms with Gasteiger partial charge in [-0.05, 0) is 45.1 Å². The Balaban J connectivity index is 1.81. The average molecular weight is 288 g/mol. The van der Waals surface area contributed by atoms with E-state index in [0.717, 1.165) is 56.1 Å². The van der Waals surface area contributed by atoms with Crippen molar-refractivity contribution >= 4 is 17.3 Å². The molecule has 1 aromatic carbocycles. The van der Waals surface area contributed by atoms with Crippen molar-refractivity contribution in [3.63, 3.8) is 0 Å². The summed E-state index contributed by atoms with van der Waals surface area (Å²) in [5.41, 5.74) is 2.90. The first kappa shape index (κ1) is 14.2. The van der Waals surface area contributed by atoms with E-state index in [1.54, 1.807) is 0 Å². The molecule has 1 aromatic rings. The Labute approximate surface area is 126 Å². The second kappa shape index (κ2) is 5.93. The van der Waals surface area contributed by atoms with Gasteiger partial charge in [-0.3, -0.25) is 4.79 Å². The van der Waals surface area contributed by atoms with Crippen LogP contribution in [0, 0.1) is 0 Å². The van der Waals surface area contributed by atoms with Gasteiger partial charge in [-0.1, -0.05) is 0 Å². The number of benzene rings is 1. The molecule has 5 nitrogen and oxygen atoms in total. The molecule has 0 aliphatic carbocycles. The van der Waals surface area contributed by atoms with Crippen molar-refractivity contribution in [3.05, 3.63) is 23.8 Å². The van der Waals surface area contributed by atoms with Gasteiger partial charge < -0.3 is 20.4 Å². The van der Waals surface area contributed by atoms with Gasteiger partial charge in [-0.2, -0.15) is 0 Å². The molecule has 1 amide bonds. The van der Waals surface area contributed by atoms with E-state index in [2.05, 4.69) is 29.5 Å². The molecule has 0 aromatic heterocycles. The van der Waals surface area contributed by atoms with Crippen molar-refractivity contribution in [3.8, 4) is 0 Å². The Hall–Kier alpha value is -1.75. The third kappa shape index (κ3) is 2.97. The lowest BCUT2D eigenvalue weighted by molar-refractivity contribution is 0.0696. The first-order chi connectivity index (χ1) is 10.1. The minimum atomic E-state index is 0.146. The highest BCUT2D eigenvalue weighted by Gasteiger charge is 2.25. The van der Waals surface area contributed by atoms with Crippen molar-refractivity contribution in [2.45, 2.75) is 19.4 Å². The van der Waals surface area contributed by atoms with Gasteiger partial charge in [0.05, 0.1) is 11.4 Å². The highest BCUT2D eigenvalue weighted by molar-refractivity contribution is 5.96. The summed E-state index contributed by atoms with van der Waals surface area (Å²) in [6, 6.07) is 6.17. The molecule has 2 heterocycles. The van der Waals surface area contributed by atoms with Crippen molar-refractivity contribution in [1.82, 2.24) is 9.80 Å². The molecule has 0 bridgehead atoms. The Morgan fingerprint density at radius 2 is 1.95 bits per heavy atom. The number of rotatable bonds is 1. The van der Waals surface area contributed by atoms with Crippen LogP contribution >= 0.6 is 0 Å². The van der Waals surface area contributed by atoms with E-state index in [1.807, 2.05) is 23.1 Å². The maximum absolute atomic E-state index is 12.8. The summed E-state index contributed by atoms with van der Waals surface area (Å²) in [7, 11) is 2.12. The number of likely N-dealkylation sites (N-methyl/N-ethyl adjacent to an activating group) is 1. The maximum Gasteiger partial charge on any atom is 0.254 e. The van der Waals surface area contributed by atoms with Crippen molar-refractivity contribution in [1.29, 1.82) is 0 Å². The largest absolute Gasteiger partial charge is 0.382 e. The van der Waals surface area contributed by atoms with Crippen molar-refractivity contribution < 1.29 is 4.79 Å². The van der Waals surface area contributed by atoms with E-state index in [4.69, 9.17) is 0 Å². The van der Waals surface area contributed by atoms with Gasteiger partial charge in [-0.25, -0.2) is 0 Å². The van der Waals surface area contributed by atoms with Crippen LogP contribution in [-0.2, 0) is 0 Å². The van der Waals surface area contributed by atoms with Gasteiger partial charge in [0.25, 0.3) is 5.91 Å². The third-order valence-electron chi connectivity index (χ3n) is 4.33. The van der Waals surface area contributed by atoms with E-state index in [9.17, 15) is 4.79 Å². The lowest BCUT2D eigenvalue weighted by atomic mass is 10.1. The zero-order chi connectivity index (χ0) is 14.8. The molecule has 114 valence electrons. The standard InChI is InChI=1S/C16H24N4O/c1-12-11-19(2)8-3-9-20(12)16(21)13-4-5-14-15(10-13)18-7-6-17-14/h4-5,10,12,17-18H,3,6-9,11H2,1-2H3. The summed E-state index contributed by atoms with van der Waals surface area (Å²) in [6.07, 6.45) is 1.04. The van der Waals surface area contributed by atoms with Crippen LogP contribution in [0.2, 0.25) is 0 Å². The van der Waals surface area contributed by atoms with Crippen LogP contribution in [0.15, 0.2) is 18.2 Å². The van der Waals surface area contributed by atoms with Crippen LogP contribution in [-0.4, -0.2) is 61.5 Å². The first-order valence-electron chi connectivity index (χ1n) is 7.76. The molecule has 2 N–H and O–H groups in total. The second-order valence-electron chi connectivity index (χ2n) is 6.08. The third-order valence-corrected chi connectivity index (χ3v) is 4.33. The van der Waals surface area contributed by atoms with Crippen molar-refractivity contribution in [2.75, 3.05) is 50.4 Å². The van der Waals surface area contributed by atoms with Gasteiger partial charge in [0, 0.05) is 37.8 Å². The highest BCUT2D eigenvalue weighted by Crippen LogP contribution is 2.26. The quantitative estimate of drug-likeness (QED) is 0.825. The van der Waals surface area contributed by atoms with Gasteiger partial charge in [0.15, 0.2) is 0 Å². The number of nitrogens with zero attached hydrogens (tertiary/aromatic N) is 2. The molecule has 0 spiro atoms. The fraction of sp³-hybridized carbons (Fsp3) is 0.562. The minimum absolute atomic E-state index is 0.146. The predicted octanol–water partition coefficient (Wildman–Crippen LogP) is 1.69. The van der Waals surface area contributed by atoms with E-state index in [0.29, 0.717) is 0 Å². The average Bonchev–Trinajstić information content (AvgIpc) is 2.66. The molecule has 5 heteroatoms. The number of carbonyl (C=O) groups is 1. The Morgan fingerprint density at radius 3 is 2.76 bits per heavy atom. The number of anilines is 2. The number of carbonyl (C=O) groups excluding carboxylic acids is 1. The zero-order valence-corrected chi connectivity index (χ0v) is 12.9. The van der Waals surface area contributed by atoms with E-state index < -0.39 is 0 Å². The molecule has 2 aliphatic rings. The second-order valence-corrected chi connectivity index (χ2v) is 6.08. The number of hydrogen-bond donors (Lipinski definition) is 2. The topological polar surface area (TPSA) is 47.6 Å². The van der Waals surface area contributed by atoms with Gasteiger partial charge >= 0.3 is 0 Å². The molecular weight excluding hydrogens is 264 g/mol. The van der Waals surface area contributed by atoms with Crippen LogP contribution in [0.4, 0.5) is 11.4 Å². The molecule has 1 unspecified atom stereocenters. The van der Waals surface area contributed by atoms with Crippen LogP contribution in [0.25, 0.3) is 0 Å². The molecule has 0 saturated carbocycles. The Morgan fingerprint density at radius 1 is 1.19 bits per heavy atom. The fourth-order valence-corrected chi connectivity index (χ4v) is 3.21. The Bertz CT molecular complexity index is 531. The maximum atomic E-state index is 12.8. The molecule has 21 heavy (non-hydrogen) atoms. The normalized spacial score (nSPS) is 22.8. The summed E-state index contributed by atoms with van der Waals surface area (Å²) in [6.45, 7) is 6.80. The monoisotopic (exact) mass is 288 g/mol. The SMILES string of the molecule is CC1CN(C)CCCN1C(=O)c1ccc2c(c1)NCCN2. The number of fused-ring (bicyclic) bond motifs is 1. The van der Waals surface area contributed by atoms with Crippen molar-refractivity contribution in [2.24, 2.45) is 0 Å². The summed E-state index contributed by atoms with van der Waals surface area (Å²) in [4.78, 5) is 17.1. The van der Waals surface area contributed by atoms with E-state index in [1.165, 1.54) is 0 Å². The smallest absolute Gasteiger partial charge is 0.254 e. The minimum Gasteiger partial charge on any atom is -0.382 e. The van der Waals surface area contributed by atoms with Crippen LogP contribution in [0.3, 0.4) is 0 Å². The molecular formula is C16H24N4O. The Kier molecular flexibility index (Phi) is 4.01. The summed E-state index contributed by atoms with van der Waals surface area (Å²) >= 11 is 0. The fourth-order valence-electron chi connectivity index (χ4n) is 3.21. The number of hydrogen-bond acceptors (Lipinski definition) is 4. The molecule has 0 radical (unpaired) electrons. The molecule has 1 fully saturated rings. The summed E-state index contributed by atoms with van der Waals surface area (Å²) in [5, 5.41) is 6.69. The van der Waals surface area contributed by atoms with Gasteiger partial charge in [0.2, 0.25) is 0 Å². The molecule has 3 rings (SSSR count). The summed E-state index contributed by atoms with van der Waals surface area (Å²) < 4.78 is 0. The number of nitrogens with one attached hydrogen (secondary N) is 2. The van der Waals surface area contributed by atoms with Gasteiger partial charge in [-0.15, -0.1) is 0 Å². The molecule has 2 aliphatic heterocycles. The molecule has 1 saturated heterocycles. The summed E-state index contributed by atoms with van der Waals surface area (Å²) in [5.74, 6) is 0.146. The lowest BCUT2D eigenvalue weighted by Gasteiger charge is -2.29. The van der Waals surface area contributed by atoms with Crippen LogP contribution in [0.1, 0.15) is 23.7 Å². The zero-order valence-electron chi connectivity index (χ0n) is 12.9. The number of amides is 1. The molecule has 1 atom stereocenters. The highest BCUT2D eigenvalue weighted by atomic mass is 16.2. The predicted molar refractivity (Wildman–Crippen MR) is 86.0 cm³/mol. The van der Waals surface area contributed by atoms with E-state index >= 15 is 0 Å². The first-order valence-corrected chi connectivity index (χ1v) is 7.76. The van der Waals surface area contributed by atoms with Crippen LogP contribution in [0.5, 0.6) is 0 Å². The lowest BCUT2D eigenvalue weighted by Crippen LogP contribution is -2.42. The van der Waals surface area contributed by atoms with Gasteiger partial charge in [0.1, 0.15) is 0 Å². The van der Waals surface area contributed by atoms with Crippen LogP contribution < -0.4 is 10.6 Å².